The average molecular weight is 116 g/mol. The van der Waals surface area contributed by atoms with E-state index in [9.17, 15) is 0 Å². The zero-order valence-corrected chi connectivity index (χ0v) is 5.94. The van der Waals surface area contributed by atoms with Crippen molar-refractivity contribution in [2.45, 2.75) is 32.9 Å². The van der Waals surface area contributed by atoms with E-state index in [-0.39, 0.29) is 6.04 Å². The molecule has 0 heterocycles. The van der Waals surface area contributed by atoms with Crippen molar-refractivity contribution in [3.63, 3.8) is 0 Å². The average Bonchev–Trinajstić information content (AvgIpc) is 1.67. The fourth-order valence-corrected chi connectivity index (χ4v) is 0.508. The van der Waals surface area contributed by atoms with Crippen LogP contribution in [0.3, 0.4) is 0 Å². The fourth-order valence-electron chi connectivity index (χ4n) is 0.508. The largest absolute Gasteiger partial charge is 0.327 e. The van der Waals surface area contributed by atoms with Crippen molar-refractivity contribution in [1.82, 2.24) is 5.32 Å². The lowest BCUT2D eigenvalue weighted by molar-refractivity contribution is 0.491. The van der Waals surface area contributed by atoms with Gasteiger partial charge < -0.3 is 11.1 Å². The summed E-state index contributed by atoms with van der Waals surface area (Å²) in [5.41, 5.74) is 5.56. The van der Waals surface area contributed by atoms with Gasteiger partial charge in [0, 0.05) is 12.1 Å². The second-order valence-electron chi connectivity index (χ2n) is 2.21. The van der Waals surface area contributed by atoms with E-state index in [1.807, 2.05) is 6.92 Å². The van der Waals surface area contributed by atoms with E-state index < -0.39 is 0 Å². The fraction of sp³-hybridized carbons (Fsp3) is 1.00. The highest BCUT2D eigenvalue weighted by molar-refractivity contribution is 4.68. The molecular formula is C6H16N2. The number of hydrogen-bond donors (Lipinski definition) is 2. The van der Waals surface area contributed by atoms with Crippen molar-refractivity contribution in [3.8, 4) is 0 Å². The Morgan fingerprint density at radius 2 is 2.00 bits per heavy atom. The van der Waals surface area contributed by atoms with Crippen LogP contribution in [-0.4, -0.2) is 18.6 Å². The maximum Gasteiger partial charge on any atom is 0.0187 e. The molecule has 0 aliphatic carbocycles. The summed E-state index contributed by atoms with van der Waals surface area (Å²) in [5, 5.41) is 3.22. The molecular weight excluding hydrogens is 100 g/mol. The molecule has 2 heteroatoms. The molecule has 0 saturated carbocycles. The topological polar surface area (TPSA) is 38.0 Å². The Balaban J connectivity index is 3.17. The van der Waals surface area contributed by atoms with Gasteiger partial charge in [0.15, 0.2) is 0 Å². The monoisotopic (exact) mass is 116 g/mol. The SMILES string of the molecule is CCNC(C)C(C)N. The molecule has 0 radical (unpaired) electrons. The van der Waals surface area contributed by atoms with Crippen LogP contribution in [0.15, 0.2) is 0 Å². The summed E-state index contributed by atoms with van der Waals surface area (Å²) in [5.74, 6) is 0. The van der Waals surface area contributed by atoms with E-state index in [4.69, 9.17) is 5.73 Å². The van der Waals surface area contributed by atoms with Gasteiger partial charge in [0.25, 0.3) is 0 Å². The van der Waals surface area contributed by atoms with E-state index in [0.29, 0.717) is 6.04 Å². The molecule has 0 aromatic carbocycles. The van der Waals surface area contributed by atoms with Crippen LogP contribution in [0.2, 0.25) is 0 Å². The second-order valence-corrected chi connectivity index (χ2v) is 2.21. The molecule has 2 atom stereocenters. The maximum absolute atomic E-state index is 5.56. The second kappa shape index (κ2) is 3.87. The zero-order valence-electron chi connectivity index (χ0n) is 5.94. The molecule has 0 aromatic heterocycles. The first kappa shape index (κ1) is 7.92. The lowest BCUT2D eigenvalue weighted by atomic mass is 10.2. The van der Waals surface area contributed by atoms with E-state index in [1.54, 1.807) is 0 Å². The Hall–Kier alpha value is -0.0800. The predicted molar refractivity (Wildman–Crippen MR) is 36.8 cm³/mol. The Morgan fingerprint density at radius 1 is 1.50 bits per heavy atom. The van der Waals surface area contributed by atoms with Gasteiger partial charge in [-0.1, -0.05) is 6.92 Å². The van der Waals surface area contributed by atoms with Crippen LogP contribution >= 0.6 is 0 Å². The van der Waals surface area contributed by atoms with E-state index in [0.717, 1.165) is 6.54 Å². The zero-order chi connectivity index (χ0) is 6.57. The van der Waals surface area contributed by atoms with Crippen molar-refractivity contribution in [1.29, 1.82) is 0 Å². The first-order chi connectivity index (χ1) is 3.68. The molecule has 2 unspecified atom stereocenters. The molecule has 0 aliphatic rings. The van der Waals surface area contributed by atoms with Crippen LogP contribution in [0.4, 0.5) is 0 Å². The van der Waals surface area contributed by atoms with Crippen molar-refractivity contribution in [2.75, 3.05) is 6.54 Å². The number of nitrogens with two attached hydrogens (primary N) is 1. The molecule has 3 N–H and O–H groups in total. The number of likely N-dealkylation sites (N-methyl/N-ethyl adjacent to an activating group) is 1. The molecule has 2 nitrogen and oxygen atoms in total. The van der Waals surface area contributed by atoms with E-state index in [2.05, 4.69) is 19.2 Å². The van der Waals surface area contributed by atoms with Gasteiger partial charge in [0.1, 0.15) is 0 Å². The Labute approximate surface area is 51.5 Å². The van der Waals surface area contributed by atoms with Gasteiger partial charge in [0.05, 0.1) is 0 Å². The van der Waals surface area contributed by atoms with Gasteiger partial charge in [0.2, 0.25) is 0 Å². The summed E-state index contributed by atoms with van der Waals surface area (Å²) in [4.78, 5) is 0. The summed E-state index contributed by atoms with van der Waals surface area (Å²) >= 11 is 0. The minimum Gasteiger partial charge on any atom is -0.327 e. The standard InChI is InChI=1S/C6H16N2/c1-4-8-6(3)5(2)7/h5-6,8H,4,7H2,1-3H3. The minimum atomic E-state index is 0.259. The first-order valence-corrected chi connectivity index (χ1v) is 3.17. The Kier molecular flexibility index (Phi) is 3.83. The van der Waals surface area contributed by atoms with Gasteiger partial charge in [-0.2, -0.15) is 0 Å². The summed E-state index contributed by atoms with van der Waals surface area (Å²) in [7, 11) is 0. The van der Waals surface area contributed by atoms with Crippen molar-refractivity contribution in [3.05, 3.63) is 0 Å². The third-order valence-electron chi connectivity index (χ3n) is 1.31. The smallest absolute Gasteiger partial charge is 0.0187 e. The van der Waals surface area contributed by atoms with Crippen LogP contribution < -0.4 is 11.1 Å². The molecule has 0 aliphatic heterocycles. The lowest BCUT2D eigenvalue weighted by Crippen LogP contribution is -2.40. The van der Waals surface area contributed by atoms with Crippen molar-refractivity contribution >= 4 is 0 Å². The summed E-state index contributed by atoms with van der Waals surface area (Å²) in [6, 6.07) is 0.704. The molecule has 0 fully saturated rings. The van der Waals surface area contributed by atoms with Crippen LogP contribution in [-0.2, 0) is 0 Å². The van der Waals surface area contributed by atoms with Crippen molar-refractivity contribution in [2.24, 2.45) is 5.73 Å². The van der Waals surface area contributed by atoms with Gasteiger partial charge >= 0.3 is 0 Å². The normalized spacial score (nSPS) is 18.0. The summed E-state index contributed by atoms with van der Waals surface area (Å²) < 4.78 is 0. The van der Waals surface area contributed by atoms with Crippen LogP contribution in [0.5, 0.6) is 0 Å². The molecule has 0 spiro atoms. The van der Waals surface area contributed by atoms with E-state index >= 15 is 0 Å². The molecule has 0 rings (SSSR count). The summed E-state index contributed by atoms with van der Waals surface area (Å²) in [6.45, 7) is 7.18. The predicted octanol–water partition coefficient (Wildman–Crippen LogP) is 0.332. The molecule has 50 valence electrons. The van der Waals surface area contributed by atoms with Gasteiger partial charge in [-0.3, -0.25) is 0 Å². The molecule has 0 bridgehead atoms. The van der Waals surface area contributed by atoms with Crippen molar-refractivity contribution < 1.29 is 0 Å². The first-order valence-electron chi connectivity index (χ1n) is 3.17. The van der Waals surface area contributed by atoms with Crippen LogP contribution in [0, 0.1) is 0 Å². The minimum absolute atomic E-state index is 0.259. The third-order valence-corrected chi connectivity index (χ3v) is 1.31. The third kappa shape index (κ3) is 2.99. The number of hydrogen-bond acceptors (Lipinski definition) is 2. The quantitative estimate of drug-likeness (QED) is 0.557. The molecule has 0 amide bonds. The Morgan fingerprint density at radius 3 is 2.12 bits per heavy atom. The summed E-state index contributed by atoms with van der Waals surface area (Å²) in [6.07, 6.45) is 0. The lowest BCUT2D eigenvalue weighted by Gasteiger charge is -2.15. The number of rotatable bonds is 3. The number of nitrogens with one attached hydrogen (secondary N) is 1. The molecule has 0 aromatic rings. The molecule has 8 heavy (non-hydrogen) atoms. The van der Waals surface area contributed by atoms with Gasteiger partial charge in [-0.15, -0.1) is 0 Å². The van der Waals surface area contributed by atoms with E-state index in [1.165, 1.54) is 0 Å². The highest BCUT2D eigenvalue weighted by atomic mass is 14.9. The highest BCUT2D eigenvalue weighted by Gasteiger charge is 2.02. The van der Waals surface area contributed by atoms with Gasteiger partial charge in [-0.25, -0.2) is 0 Å². The Bertz CT molecular complexity index is 52.5. The maximum atomic E-state index is 5.56. The van der Waals surface area contributed by atoms with Crippen LogP contribution in [0.25, 0.3) is 0 Å². The van der Waals surface area contributed by atoms with Gasteiger partial charge in [-0.05, 0) is 20.4 Å². The molecule has 0 saturated heterocycles. The highest BCUT2D eigenvalue weighted by Crippen LogP contribution is 1.84. The van der Waals surface area contributed by atoms with Crippen LogP contribution in [0.1, 0.15) is 20.8 Å².